The molecule has 0 bridgehead atoms. The maximum atomic E-state index is 9.65. The Hall–Kier alpha value is -5.15. The molecule has 0 saturated heterocycles. The summed E-state index contributed by atoms with van der Waals surface area (Å²) < 4.78 is 4.54. The van der Waals surface area contributed by atoms with Gasteiger partial charge in [0.2, 0.25) is 5.62 Å². The maximum Gasteiger partial charge on any atom is 0.206 e. The Morgan fingerprint density at radius 3 is 2.18 bits per heavy atom. The van der Waals surface area contributed by atoms with E-state index < -0.39 is 0 Å². The van der Waals surface area contributed by atoms with Crippen LogP contribution in [0.25, 0.3) is 26.8 Å². The molecule has 39 heavy (non-hydrogen) atoms. The summed E-state index contributed by atoms with van der Waals surface area (Å²) in [6, 6.07) is 33.9. The molecule has 6 rings (SSSR count). The van der Waals surface area contributed by atoms with E-state index in [0.717, 1.165) is 50.7 Å². The molecule has 0 amide bonds. The summed E-state index contributed by atoms with van der Waals surface area (Å²) in [5, 5.41) is 10.8. The predicted molar refractivity (Wildman–Crippen MR) is 155 cm³/mol. The standard InChI is InChI=1S/C33H27N5O/c1-34-28-15-11-25(12-16-28)22-37-30-9-2-3-10-31(30)38(23-27-7-4-6-26-8-5-20-35-32(26)27)33(37)36-21-19-24-13-17-29(39)18-14-24/h2-18,20,39H,19,21-23H2/b36-33+. The van der Waals surface area contributed by atoms with Crippen LogP contribution in [0.5, 0.6) is 5.75 Å². The number of phenolic OH excluding ortho intramolecular Hbond substituents is 1. The quantitative estimate of drug-likeness (QED) is 0.250. The van der Waals surface area contributed by atoms with Crippen molar-refractivity contribution in [2.75, 3.05) is 6.54 Å². The lowest BCUT2D eigenvalue weighted by Crippen LogP contribution is -2.28. The summed E-state index contributed by atoms with van der Waals surface area (Å²) in [4.78, 5) is 13.4. The molecule has 2 aromatic heterocycles. The number of nitrogens with zero attached hydrogens (tertiary/aromatic N) is 5. The van der Waals surface area contributed by atoms with Gasteiger partial charge in [-0.05, 0) is 53.4 Å². The molecule has 4 aromatic carbocycles. The van der Waals surface area contributed by atoms with Crippen molar-refractivity contribution >= 4 is 27.6 Å². The molecule has 6 aromatic rings. The van der Waals surface area contributed by atoms with Gasteiger partial charge in [-0.25, -0.2) is 4.85 Å². The lowest BCUT2D eigenvalue weighted by atomic mass is 10.1. The van der Waals surface area contributed by atoms with Crippen molar-refractivity contribution < 1.29 is 5.11 Å². The number of para-hydroxylation sites is 3. The first-order chi connectivity index (χ1) is 19.2. The second kappa shape index (κ2) is 10.7. The van der Waals surface area contributed by atoms with E-state index in [1.165, 1.54) is 0 Å². The van der Waals surface area contributed by atoms with Crippen molar-refractivity contribution in [1.29, 1.82) is 0 Å². The van der Waals surface area contributed by atoms with E-state index in [0.29, 0.717) is 25.3 Å². The van der Waals surface area contributed by atoms with Gasteiger partial charge >= 0.3 is 0 Å². The topological polar surface area (TPSA) is 59.7 Å². The highest BCUT2D eigenvalue weighted by Gasteiger charge is 2.14. The SMILES string of the molecule is [C-]#[N+]c1ccc(Cn2/c(=N\CCc3ccc(O)cc3)n(Cc3cccc4cccnc34)c3ccccc32)cc1. The zero-order chi connectivity index (χ0) is 26.6. The molecule has 0 aliphatic rings. The van der Waals surface area contributed by atoms with Gasteiger partial charge in [-0.1, -0.05) is 72.8 Å². The molecular formula is C33H27N5O. The number of hydrogen-bond acceptors (Lipinski definition) is 3. The van der Waals surface area contributed by atoms with Crippen molar-refractivity contribution in [3.63, 3.8) is 0 Å². The van der Waals surface area contributed by atoms with Crippen LogP contribution in [-0.2, 0) is 19.5 Å². The fraction of sp³-hybridized carbons (Fsp3) is 0.121. The van der Waals surface area contributed by atoms with Crippen molar-refractivity contribution in [2.24, 2.45) is 4.99 Å². The third-order valence-corrected chi connectivity index (χ3v) is 6.99. The second-order valence-electron chi connectivity index (χ2n) is 9.53. The van der Waals surface area contributed by atoms with Crippen LogP contribution < -0.4 is 5.62 Å². The van der Waals surface area contributed by atoms with Crippen LogP contribution in [0.1, 0.15) is 16.7 Å². The Morgan fingerprint density at radius 2 is 1.44 bits per heavy atom. The molecule has 0 saturated carbocycles. The van der Waals surface area contributed by atoms with Gasteiger partial charge in [0.05, 0.1) is 36.2 Å². The van der Waals surface area contributed by atoms with Crippen LogP contribution in [0, 0.1) is 6.57 Å². The zero-order valence-electron chi connectivity index (χ0n) is 21.4. The number of pyridine rings is 1. The van der Waals surface area contributed by atoms with Gasteiger partial charge in [0.1, 0.15) is 5.75 Å². The smallest absolute Gasteiger partial charge is 0.206 e. The van der Waals surface area contributed by atoms with Gasteiger partial charge in [0.15, 0.2) is 5.69 Å². The van der Waals surface area contributed by atoms with Gasteiger partial charge < -0.3 is 14.2 Å². The molecule has 2 heterocycles. The maximum absolute atomic E-state index is 9.65. The van der Waals surface area contributed by atoms with Gasteiger partial charge in [-0.15, -0.1) is 0 Å². The average Bonchev–Trinajstić information content (AvgIpc) is 3.26. The second-order valence-corrected chi connectivity index (χ2v) is 9.53. The lowest BCUT2D eigenvalue weighted by Gasteiger charge is -2.10. The van der Waals surface area contributed by atoms with Crippen LogP contribution in [0.4, 0.5) is 5.69 Å². The molecule has 0 unspecified atom stereocenters. The molecule has 0 aliphatic carbocycles. The van der Waals surface area contributed by atoms with Crippen LogP contribution in [0.15, 0.2) is 114 Å². The number of benzene rings is 4. The Kier molecular flexibility index (Phi) is 6.63. The minimum atomic E-state index is 0.265. The summed E-state index contributed by atoms with van der Waals surface area (Å²) in [5.41, 5.74) is 8.09. The number of hydrogen-bond donors (Lipinski definition) is 1. The average molecular weight is 510 g/mol. The fourth-order valence-electron chi connectivity index (χ4n) is 5.04. The van der Waals surface area contributed by atoms with Crippen LogP contribution in [0.3, 0.4) is 0 Å². The van der Waals surface area contributed by atoms with E-state index in [4.69, 9.17) is 16.5 Å². The fourth-order valence-corrected chi connectivity index (χ4v) is 5.04. The largest absolute Gasteiger partial charge is 0.508 e. The van der Waals surface area contributed by atoms with E-state index >= 15 is 0 Å². The van der Waals surface area contributed by atoms with Gasteiger partial charge in [-0.2, -0.15) is 0 Å². The van der Waals surface area contributed by atoms with E-state index in [1.54, 1.807) is 12.1 Å². The first-order valence-corrected chi connectivity index (χ1v) is 12.9. The Labute approximate surface area is 226 Å². The Bertz CT molecular complexity index is 1870. The van der Waals surface area contributed by atoms with Crippen molar-refractivity contribution in [1.82, 2.24) is 14.1 Å². The first kappa shape index (κ1) is 24.2. The van der Waals surface area contributed by atoms with Crippen molar-refractivity contribution in [2.45, 2.75) is 19.5 Å². The molecule has 6 heteroatoms. The number of aromatic hydroxyl groups is 1. The third kappa shape index (κ3) is 5.03. The van der Waals surface area contributed by atoms with Crippen molar-refractivity contribution in [3.05, 3.63) is 143 Å². The van der Waals surface area contributed by atoms with Crippen LogP contribution in [-0.4, -0.2) is 25.8 Å². The zero-order valence-corrected chi connectivity index (χ0v) is 21.4. The predicted octanol–water partition coefficient (Wildman–Crippen LogP) is 6.49. The first-order valence-electron chi connectivity index (χ1n) is 12.9. The summed E-state index contributed by atoms with van der Waals surface area (Å²) in [6.45, 7) is 9.16. The van der Waals surface area contributed by atoms with Gasteiger partial charge in [-0.3, -0.25) is 9.98 Å². The van der Waals surface area contributed by atoms with Gasteiger partial charge in [0.25, 0.3) is 0 Å². The molecule has 0 atom stereocenters. The minimum Gasteiger partial charge on any atom is -0.508 e. The number of phenols is 1. The van der Waals surface area contributed by atoms with Crippen LogP contribution in [0.2, 0.25) is 0 Å². The highest BCUT2D eigenvalue weighted by Crippen LogP contribution is 2.21. The molecule has 0 radical (unpaired) electrons. The summed E-state index contributed by atoms with van der Waals surface area (Å²) in [5.74, 6) is 0.265. The number of fused-ring (bicyclic) bond motifs is 2. The number of aromatic nitrogens is 3. The molecule has 1 N–H and O–H groups in total. The monoisotopic (exact) mass is 509 g/mol. The highest BCUT2D eigenvalue weighted by atomic mass is 16.3. The number of rotatable bonds is 7. The van der Waals surface area contributed by atoms with Crippen molar-refractivity contribution in [3.8, 4) is 5.75 Å². The normalized spacial score (nSPS) is 11.7. The van der Waals surface area contributed by atoms with E-state index in [-0.39, 0.29) is 5.75 Å². The molecule has 6 nitrogen and oxygen atoms in total. The summed E-state index contributed by atoms with van der Waals surface area (Å²) in [7, 11) is 0. The van der Waals surface area contributed by atoms with E-state index in [9.17, 15) is 5.11 Å². The highest BCUT2D eigenvalue weighted by molar-refractivity contribution is 5.82. The minimum absolute atomic E-state index is 0.265. The summed E-state index contributed by atoms with van der Waals surface area (Å²) in [6.07, 6.45) is 2.60. The number of imidazole rings is 1. The molecule has 0 aliphatic heterocycles. The Morgan fingerprint density at radius 1 is 0.744 bits per heavy atom. The third-order valence-electron chi connectivity index (χ3n) is 6.99. The van der Waals surface area contributed by atoms with Crippen LogP contribution >= 0.6 is 0 Å². The van der Waals surface area contributed by atoms with Gasteiger partial charge in [0, 0.05) is 18.1 Å². The van der Waals surface area contributed by atoms with E-state index in [2.05, 4.69) is 62.5 Å². The molecule has 190 valence electrons. The Balaban J connectivity index is 1.48. The lowest BCUT2D eigenvalue weighted by molar-refractivity contribution is 0.475. The molecule has 0 fully saturated rings. The molecule has 0 spiro atoms. The summed E-state index contributed by atoms with van der Waals surface area (Å²) >= 11 is 0. The van der Waals surface area contributed by atoms with E-state index in [1.807, 2.05) is 48.7 Å². The molecular weight excluding hydrogens is 482 g/mol.